The van der Waals surface area contributed by atoms with Crippen molar-refractivity contribution in [3.63, 3.8) is 0 Å². The Morgan fingerprint density at radius 3 is 2.40 bits per heavy atom. The number of fused-ring (bicyclic) bond motifs is 2. The smallest absolute Gasteiger partial charge is 0.335 e. The number of rotatable bonds is 7. The molecule has 1 fully saturated rings. The molecule has 6 heteroatoms. The van der Waals surface area contributed by atoms with Gasteiger partial charge < -0.3 is 5.11 Å². The number of alkyl halides is 2. The van der Waals surface area contributed by atoms with Gasteiger partial charge in [0.05, 0.1) is 5.56 Å². The van der Waals surface area contributed by atoms with Crippen LogP contribution in [0.15, 0.2) is 60.2 Å². The maximum absolute atomic E-state index is 14.8. The van der Waals surface area contributed by atoms with Crippen LogP contribution >= 0.6 is 0 Å². The lowest BCUT2D eigenvalue weighted by Crippen LogP contribution is -2.40. The minimum absolute atomic E-state index is 0.0939. The van der Waals surface area contributed by atoms with Gasteiger partial charge in [-0.25, -0.2) is 18.0 Å². The molecule has 206 valence electrons. The van der Waals surface area contributed by atoms with Gasteiger partial charge in [-0.3, -0.25) is 4.90 Å². The summed E-state index contributed by atoms with van der Waals surface area (Å²) < 4.78 is 39.8. The van der Waals surface area contributed by atoms with Gasteiger partial charge in [-0.15, -0.1) is 0 Å². The van der Waals surface area contributed by atoms with Crippen molar-refractivity contribution in [2.75, 3.05) is 19.6 Å². The summed E-state index contributed by atoms with van der Waals surface area (Å²) in [6.07, 6.45) is 5.01. The number of hydrogen-bond acceptors (Lipinski definition) is 2. The zero-order chi connectivity index (χ0) is 27.8. The van der Waals surface area contributed by atoms with Crippen LogP contribution < -0.4 is 0 Å². The number of allylic oxidation sites excluding steroid dienone is 1. The van der Waals surface area contributed by atoms with Crippen molar-refractivity contribution in [2.45, 2.75) is 51.4 Å². The van der Waals surface area contributed by atoms with Crippen molar-refractivity contribution in [3.8, 4) is 0 Å². The van der Waals surface area contributed by atoms with E-state index < -0.39 is 12.4 Å². The summed E-state index contributed by atoms with van der Waals surface area (Å²) in [5, 5.41) is 9.61. The highest BCUT2D eigenvalue weighted by Gasteiger charge is 2.26. The topological polar surface area (TPSA) is 40.5 Å². The first-order valence-corrected chi connectivity index (χ1v) is 14.1. The molecule has 3 nitrogen and oxygen atoms in total. The molecule has 0 amide bonds. The van der Waals surface area contributed by atoms with Gasteiger partial charge in [-0.2, -0.15) is 0 Å². The minimum atomic E-state index is -2.27. The third-order valence-electron chi connectivity index (χ3n) is 8.39. The van der Waals surface area contributed by atoms with Gasteiger partial charge in [0.25, 0.3) is 0 Å². The molecule has 1 aliphatic heterocycles. The predicted octanol–water partition coefficient (Wildman–Crippen LogP) is 7.66. The second-order valence-corrected chi connectivity index (χ2v) is 11.1. The fourth-order valence-electron chi connectivity index (χ4n) is 6.50. The summed E-state index contributed by atoms with van der Waals surface area (Å²) >= 11 is 0. The Kier molecular flexibility index (Phi) is 7.37. The van der Waals surface area contributed by atoms with Crippen LogP contribution in [0.4, 0.5) is 13.2 Å². The SMILES string of the molecule is O=C(O)c1ccc2c(c1)CCCC(c1cc(F)cc3c1CCC3)=C2c1ccc(C=C2CN(CCC(F)F)C2)cc1. The van der Waals surface area contributed by atoms with E-state index in [2.05, 4.69) is 30.3 Å². The first-order chi connectivity index (χ1) is 19.4. The van der Waals surface area contributed by atoms with E-state index in [1.54, 1.807) is 24.3 Å². The Labute approximate surface area is 232 Å². The maximum atomic E-state index is 14.8. The standard InChI is InChI=1S/C34H32F3NO2/c35-27-17-25-4-1-5-28(25)31(18-27)30-6-2-3-24-16-26(34(39)40)11-12-29(24)33(30)23-9-7-21(8-10-23)15-22-19-38(20-22)14-13-32(36)37/h7-12,15-18,32H,1-6,13-14,19-20H2,(H,39,40). The summed E-state index contributed by atoms with van der Waals surface area (Å²) in [6, 6.07) is 17.0. The van der Waals surface area contributed by atoms with Gasteiger partial charge in [-0.05, 0) is 118 Å². The highest BCUT2D eigenvalue weighted by Crippen LogP contribution is 2.43. The number of benzene rings is 3. The van der Waals surface area contributed by atoms with Crippen LogP contribution in [-0.2, 0) is 19.3 Å². The Bertz CT molecular complexity index is 1510. The van der Waals surface area contributed by atoms with Crippen molar-refractivity contribution < 1.29 is 23.1 Å². The number of aryl methyl sites for hydroxylation is 2. The molecule has 1 N–H and O–H groups in total. The van der Waals surface area contributed by atoms with Gasteiger partial charge >= 0.3 is 5.97 Å². The van der Waals surface area contributed by atoms with E-state index in [1.165, 1.54) is 11.1 Å². The Hall–Kier alpha value is -3.64. The van der Waals surface area contributed by atoms with E-state index in [0.29, 0.717) is 19.6 Å². The summed E-state index contributed by atoms with van der Waals surface area (Å²) in [6.45, 7) is 1.85. The lowest BCUT2D eigenvalue weighted by atomic mass is 9.85. The second-order valence-electron chi connectivity index (χ2n) is 11.1. The zero-order valence-corrected chi connectivity index (χ0v) is 22.4. The largest absolute Gasteiger partial charge is 0.478 e. The maximum Gasteiger partial charge on any atom is 0.335 e. The van der Waals surface area contributed by atoms with E-state index in [4.69, 9.17) is 0 Å². The molecule has 0 atom stereocenters. The molecule has 0 saturated carbocycles. The number of nitrogens with zero attached hydrogens (tertiary/aromatic N) is 1. The van der Waals surface area contributed by atoms with Crippen LogP contribution in [0.3, 0.4) is 0 Å². The molecule has 0 spiro atoms. The van der Waals surface area contributed by atoms with E-state index in [-0.39, 0.29) is 17.8 Å². The van der Waals surface area contributed by atoms with Crippen LogP contribution in [0.1, 0.15) is 75.0 Å². The molecule has 0 radical (unpaired) electrons. The average Bonchev–Trinajstić information content (AvgIpc) is 3.29. The molecule has 6 rings (SSSR count). The highest BCUT2D eigenvalue weighted by molar-refractivity contribution is 6.01. The van der Waals surface area contributed by atoms with Crippen LogP contribution in [0.5, 0.6) is 0 Å². The van der Waals surface area contributed by atoms with Crippen molar-refractivity contribution in [1.29, 1.82) is 0 Å². The summed E-state index contributed by atoms with van der Waals surface area (Å²) in [5.74, 6) is -1.15. The predicted molar refractivity (Wildman–Crippen MR) is 152 cm³/mol. The minimum Gasteiger partial charge on any atom is -0.478 e. The fourth-order valence-corrected chi connectivity index (χ4v) is 6.50. The molecule has 2 aliphatic carbocycles. The number of carboxylic acids is 1. The Balaban J connectivity index is 1.40. The molecule has 3 aliphatic rings. The third kappa shape index (κ3) is 5.37. The van der Waals surface area contributed by atoms with E-state index in [9.17, 15) is 23.1 Å². The lowest BCUT2D eigenvalue weighted by Gasteiger charge is -2.34. The summed E-state index contributed by atoms with van der Waals surface area (Å²) in [5.41, 5.74) is 11.1. The lowest BCUT2D eigenvalue weighted by molar-refractivity contribution is 0.0696. The summed E-state index contributed by atoms with van der Waals surface area (Å²) in [7, 11) is 0. The van der Waals surface area contributed by atoms with Crippen LogP contribution in [0.2, 0.25) is 0 Å². The van der Waals surface area contributed by atoms with Gasteiger partial charge in [0.2, 0.25) is 6.43 Å². The van der Waals surface area contributed by atoms with Gasteiger partial charge in [0.15, 0.2) is 0 Å². The molecule has 40 heavy (non-hydrogen) atoms. The molecule has 1 heterocycles. The van der Waals surface area contributed by atoms with Crippen LogP contribution in [0, 0.1) is 5.82 Å². The molecular formula is C34H32F3NO2. The average molecular weight is 544 g/mol. The molecule has 0 bridgehead atoms. The monoisotopic (exact) mass is 543 g/mol. The van der Waals surface area contributed by atoms with Gasteiger partial charge in [0.1, 0.15) is 5.82 Å². The molecule has 0 aromatic heterocycles. The first-order valence-electron chi connectivity index (χ1n) is 14.1. The van der Waals surface area contributed by atoms with E-state index in [1.807, 2.05) is 11.0 Å². The van der Waals surface area contributed by atoms with Gasteiger partial charge in [0, 0.05) is 26.1 Å². The number of carbonyl (C=O) groups is 1. The number of halogens is 3. The number of hydrogen-bond donors (Lipinski definition) is 1. The highest BCUT2D eigenvalue weighted by atomic mass is 19.3. The van der Waals surface area contributed by atoms with Crippen molar-refractivity contribution >= 4 is 23.2 Å². The number of likely N-dealkylation sites (tertiary alicyclic amines) is 1. The molecule has 3 aromatic rings. The van der Waals surface area contributed by atoms with Crippen molar-refractivity contribution in [3.05, 3.63) is 110 Å². The van der Waals surface area contributed by atoms with Crippen molar-refractivity contribution in [1.82, 2.24) is 4.90 Å². The molecule has 0 unspecified atom stereocenters. The third-order valence-corrected chi connectivity index (χ3v) is 8.39. The normalized spacial score (nSPS) is 16.9. The quantitative estimate of drug-likeness (QED) is 0.333. The van der Waals surface area contributed by atoms with Crippen LogP contribution in [0.25, 0.3) is 17.2 Å². The van der Waals surface area contributed by atoms with Crippen molar-refractivity contribution in [2.24, 2.45) is 0 Å². The molecule has 1 saturated heterocycles. The number of aromatic carboxylic acids is 1. The zero-order valence-electron chi connectivity index (χ0n) is 22.4. The van der Waals surface area contributed by atoms with E-state index in [0.717, 1.165) is 83.1 Å². The fraction of sp³-hybridized carbons (Fsp3) is 0.324. The van der Waals surface area contributed by atoms with E-state index >= 15 is 0 Å². The summed E-state index contributed by atoms with van der Waals surface area (Å²) in [4.78, 5) is 13.7. The number of carboxylic acid groups (broad SMARTS) is 1. The first kappa shape index (κ1) is 26.6. The van der Waals surface area contributed by atoms with Crippen LogP contribution in [-0.4, -0.2) is 42.0 Å². The Morgan fingerprint density at radius 2 is 1.65 bits per heavy atom. The molecular weight excluding hydrogens is 511 g/mol. The Morgan fingerprint density at radius 1 is 0.900 bits per heavy atom. The second kappa shape index (κ2) is 11.1. The van der Waals surface area contributed by atoms with Gasteiger partial charge in [-0.1, -0.05) is 36.4 Å². The molecule has 3 aromatic carbocycles.